The Bertz CT molecular complexity index is 1080. The van der Waals surface area contributed by atoms with Crippen LogP contribution in [0.5, 0.6) is 0 Å². The van der Waals surface area contributed by atoms with Crippen LogP contribution in [0.2, 0.25) is 5.02 Å². The number of likely N-dealkylation sites (N-methyl/N-ethyl adjacent to an activating group) is 1. The molecule has 0 N–H and O–H groups in total. The monoisotopic (exact) mass is 422 g/mol. The first-order valence-corrected chi connectivity index (χ1v) is 10.6. The van der Waals surface area contributed by atoms with E-state index >= 15 is 0 Å². The number of anilines is 1. The molecule has 0 saturated heterocycles. The van der Waals surface area contributed by atoms with Gasteiger partial charge >= 0.3 is 0 Å². The zero-order valence-corrected chi connectivity index (χ0v) is 17.4. The summed E-state index contributed by atoms with van der Waals surface area (Å²) in [6.45, 7) is 3.13. The minimum absolute atomic E-state index is 0.318. The molecular weight excluding hydrogens is 404 g/mol. The van der Waals surface area contributed by atoms with E-state index in [1.807, 2.05) is 59.7 Å². The average Bonchev–Trinajstić information content (AvgIpc) is 3.33. The van der Waals surface area contributed by atoms with Crippen molar-refractivity contribution in [3.8, 4) is 0 Å². The molecule has 3 aromatic rings. The Morgan fingerprint density at radius 1 is 0.966 bits per heavy atom. The topological polar surface area (TPSA) is 40.6 Å². The van der Waals surface area contributed by atoms with Crippen molar-refractivity contribution in [2.24, 2.45) is 0 Å². The Morgan fingerprint density at radius 2 is 1.76 bits per heavy atom. The summed E-state index contributed by atoms with van der Waals surface area (Å²) in [5.41, 5.74) is 2.44. The number of hydrogen-bond acceptors (Lipinski definition) is 4. The van der Waals surface area contributed by atoms with E-state index in [-0.39, 0.29) is 11.8 Å². The standard InChI is InChI=1S/C23H19ClN2O2S/c1-2-25(15-16-8-4-3-5-9-16)21-20(19-12-7-13-29-19)22(27)26(23(21)28)18-11-6-10-17(24)14-18/h3-14H,2,15H2,1H3. The maximum absolute atomic E-state index is 13.5. The van der Waals surface area contributed by atoms with Gasteiger partial charge in [0.25, 0.3) is 11.8 Å². The molecule has 2 heterocycles. The van der Waals surface area contributed by atoms with Crippen LogP contribution in [-0.4, -0.2) is 23.3 Å². The smallest absolute Gasteiger partial charge is 0.282 e. The molecule has 0 aliphatic carbocycles. The van der Waals surface area contributed by atoms with E-state index in [9.17, 15) is 9.59 Å². The highest BCUT2D eigenvalue weighted by molar-refractivity contribution is 7.11. The van der Waals surface area contributed by atoms with Gasteiger partial charge in [-0.15, -0.1) is 11.3 Å². The van der Waals surface area contributed by atoms with Crippen LogP contribution in [0.25, 0.3) is 5.57 Å². The molecule has 1 aliphatic rings. The third-order valence-electron chi connectivity index (χ3n) is 4.81. The van der Waals surface area contributed by atoms with E-state index in [0.29, 0.717) is 35.1 Å². The van der Waals surface area contributed by atoms with Crippen molar-refractivity contribution < 1.29 is 9.59 Å². The fraction of sp³-hybridized carbons (Fsp3) is 0.130. The van der Waals surface area contributed by atoms with Crippen LogP contribution in [0.3, 0.4) is 0 Å². The minimum Gasteiger partial charge on any atom is -0.362 e. The third kappa shape index (κ3) is 3.71. The number of halogens is 1. The average molecular weight is 423 g/mol. The number of imide groups is 1. The molecule has 146 valence electrons. The zero-order chi connectivity index (χ0) is 20.4. The van der Waals surface area contributed by atoms with Gasteiger partial charge in [-0.1, -0.05) is 54.1 Å². The van der Waals surface area contributed by atoms with Gasteiger partial charge in [0.05, 0.1) is 11.3 Å². The number of nitrogens with zero attached hydrogens (tertiary/aromatic N) is 2. The van der Waals surface area contributed by atoms with Gasteiger partial charge in [0.2, 0.25) is 0 Å². The van der Waals surface area contributed by atoms with Crippen LogP contribution >= 0.6 is 22.9 Å². The largest absolute Gasteiger partial charge is 0.362 e. The Morgan fingerprint density at radius 3 is 2.41 bits per heavy atom. The number of hydrogen-bond donors (Lipinski definition) is 0. The van der Waals surface area contributed by atoms with E-state index in [2.05, 4.69) is 0 Å². The van der Waals surface area contributed by atoms with Crippen molar-refractivity contribution >= 4 is 46.0 Å². The molecule has 0 radical (unpaired) electrons. The summed E-state index contributed by atoms with van der Waals surface area (Å²) in [7, 11) is 0. The maximum Gasteiger partial charge on any atom is 0.282 e. The molecule has 1 aromatic heterocycles. The van der Waals surface area contributed by atoms with Crippen molar-refractivity contribution in [1.29, 1.82) is 0 Å². The molecule has 0 atom stereocenters. The van der Waals surface area contributed by atoms with Crippen molar-refractivity contribution in [3.05, 3.63) is 93.3 Å². The summed E-state index contributed by atoms with van der Waals surface area (Å²) in [4.78, 5) is 30.9. The van der Waals surface area contributed by atoms with Gasteiger partial charge in [0.15, 0.2) is 0 Å². The second-order valence-electron chi connectivity index (χ2n) is 6.63. The van der Waals surface area contributed by atoms with Gasteiger partial charge in [-0.2, -0.15) is 0 Å². The molecule has 0 unspecified atom stereocenters. The second kappa shape index (κ2) is 8.23. The summed E-state index contributed by atoms with van der Waals surface area (Å²) in [6.07, 6.45) is 0. The lowest BCUT2D eigenvalue weighted by atomic mass is 10.1. The summed E-state index contributed by atoms with van der Waals surface area (Å²) < 4.78 is 0. The molecule has 0 saturated carbocycles. The van der Waals surface area contributed by atoms with Gasteiger partial charge in [-0.05, 0) is 42.1 Å². The molecule has 0 spiro atoms. The van der Waals surface area contributed by atoms with E-state index in [1.165, 1.54) is 16.2 Å². The lowest BCUT2D eigenvalue weighted by Crippen LogP contribution is -2.35. The van der Waals surface area contributed by atoms with E-state index in [4.69, 9.17) is 11.6 Å². The van der Waals surface area contributed by atoms with Crippen molar-refractivity contribution in [2.75, 3.05) is 11.4 Å². The number of benzene rings is 2. The molecule has 1 aliphatic heterocycles. The summed E-state index contributed by atoms with van der Waals surface area (Å²) in [6, 6.07) is 20.5. The van der Waals surface area contributed by atoms with Crippen molar-refractivity contribution in [3.63, 3.8) is 0 Å². The van der Waals surface area contributed by atoms with Gasteiger partial charge in [0.1, 0.15) is 5.70 Å². The molecular formula is C23H19ClN2O2S. The van der Waals surface area contributed by atoms with Gasteiger partial charge in [0, 0.05) is 23.0 Å². The Kier molecular flexibility index (Phi) is 5.51. The normalized spacial score (nSPS) is 14.1. The van der Waals surface area contributed by atoms with Gasteiger partial charge < -0.3 is 4.90 Å². The SMILES string of the molecule is CCN(Cc1ccccc1)C1=C(c2cccs2)C(=O)N(c2cccc(Cl)c2)C1=O. The molecule has 0 fully saturated rings. The first-order valence-electron chi connectivity index (χ1n) is 9.31. The van der Waals surface area contributed by atoms with E-state index in [0.717, 1.165) is 10.4 Å². The Hall–Kier alpha value is -2.89. The van der Waals surface area contributed by atoms with Crippen LogP contribution in [0.1, 0.15) is 17.4 Å². The number of amides is 2. The molecule has 4 rings (SSSR count). The highest BCUT2D eigenvalue weighted by Crippen LogP contribution is 2.37. The van der Waals surface area contributed by atoms with Crippen LogP contribution in [0.15, 0.2) is 77.8 Å². The number of rotatable bonds is 6. The molecule has 2 aromatic carbocycles. The second-order valence-corrected chi connectivity index (χ2v) is 8.01. The molecule has 6 heteroatoms. The Balaban J connectivity index is 1.80. The summed E-state index contributed by atoms with van der Waals surface area (Å²) in [5.74, 6) is -0.639. The molecule has 0 bridgehead atoms. The summed E-state index contributed by atoms with van der Waals surface area (Å²) in [5, 5.41) is 2.39. The Labute approximate surface area is 178 Å². The van der Waals surface area contributed by atoms with Crippen molar-refractivity contribution in [1.82, 2.24) is 4.90 Å². The van der Waals surface area contributed by atoms with E-state index in [1.54, 1.807) is 24.3 Å². The number of thiophene rings is 1. The van der Waals surface area contributed by atoms with Crippen LogP contribution < -0.4 is 4.90 Å². The molecule has 2 amide bonds. The van der Waals surface area contributed by atoms with Crippen LogP contribution in [0.4, 0.5) is 5.69 Å². The fourth-order valence-corrected chi connectivity index (χ4v) is 4.40. The van der Waals surface area contributed by atoms with Crippen molar-refractivity contribution in [2.45, 2.75) is 13.5 Å². The van der Waals surface area contributed by atoms with E-state index < -0.39 is 0 Å². The van der Waals surface area contributed by atoms with Crippen LogP contribution in [0, 0.1) is 0 Å². The zero-order valence-electron chi connectivity index (χ0n) is 15.8. The quantitative estimate of drug-likeness (QED) is 0.512. The van der Waals surface area contributed by atoms with Gasteiger partial charge in [-0.25, -0.2) is 4.90 Å². The lowest BCUT2D eigenvalue weighted by molar-refractivity contribution is -0.120. The summed E-state index contributed by atoms with van der Waals surface area (Å²) >= 11 is 7.57. The first-order chi connectivity index (χ1) is 14.1. The molecule has 4 nitrogen and oxygen atoms in total. The van der Waals surface area contributed by atoms with Crippen LogP contribution in [-0.2, 0) is 16.1 Å². The third-order valence-corrected chi connectivity index (χ3v) is 5.93. The lowest BCUT2D eigenvalue weighted by Gasteiger charge is -2.24. The predicted molar refractivity (Wildman–Crippen MR) is 118 cm³/mol. The molecule has 29 heavy (non-hydrogen) atoms. The number of carbonyl (C=O) groups is 2. The predicted octanol–water partition coefficient (Wildman–Crippen LogP) is 5.21. The first kappa shape index (κ1) is 19.4. The highest BCUT2D eigenvalue weighted by Gasteiger charge is 2.42. The maximum atomic E-state index is 13.5. The fourth-order valence-electron chi connectivity index (χ4n) is 3.46. The number of carbonyl (C=O) groups excluding carboxylic acids is 2. The highest BCUT2D eigenvalue weighted by atomic mass is 35.5. The van der Waals surface area contributed by atoms with Gasteiger partial charge in [-0.3, -0.25) is 9.59 Å². The minimum atomic E-state index is -0.321.